The Balaban J connectivity index is 1.73. The van der Waals surface area contributed by atoms with Crippen LogP contribution in [0.3, 0.4) is 0 Å². The van der Waals surface area contributed by atoms with E-state index in [1.807, 2.05) is 6.07 Å². The first-order valence-electron chi connectivity index (χ1n) is 7.30. The van der Waals surface area contributed by atoms with Crippen molar-refractivity contribution in [2.24, 2.45) is 0 Å². The van der Waals surface area contributed by atoms with Gasteiger partial charge in [0.15, 0.2) is 5.82 Å². The van der Waals surface area contributed by atoms with E-state index in [1.54, 1.807) is 30.3 Å². The molecule has 0 aliphatic heterocycles. The molecule has 0 aliphatic carbocycles. The Kier molecular flexibility index (Phi) is 4.98. The average Bonchev–Trinajstić information content (AvgIpc) is 3.10. The number of esters is 1. The molecule has 0 N–H and O–H groups in total. The minimum absolute atomic E-state index is 0.0576. The molecule has 0 amide bonds. The van der Waals surface area contributed by atoms with Gasteiger partial charge in [0, 0.05) is 18.6 Å². The summed E-state index contributed by atoms with van der Waals surface area (Å²) >= 11 is 0. The second-order valence-electron chi connectivity index (χ2n) is 4.88. The van der Waals surface area contributed by atoms with E-state index in [4.69, 9.17) is 9.47 Å². The zero-order valence-corrected chi connectivity index (χ0v) is 12.9. The van der Waals surface area contributed by atoms with Gasteiger partial charge in [-0.25, -0.2) is 14.8 Å². The quantitative estimate of drug-likeness (QED) is 0.635. The summed E-state index contributed by atoms with van der Waals surface area (Å²) in [6.07, 6.45) is 3.80. The zero-order chi connectivity index (χ0) is 17.6. The lowest BCUT2D eigenvalue weighted by Gasteiger charge is -2.10. The Labute approximate surface area is 141 Å². The third-order valence-corrected chi connectivity index (χ3v) is 3.24. The van der Waals surface area contributed by atoms with Gasteiger partial charge in [0.1, 0.15) is 17.9 Å². The maximum atomic E-state index is 12.8. The van der Waals surface area contributed by atoms with Gasteiger partial charge in [0.05, 0.1) is 0 Å². The number of hydrogen-bond acceptors (Lipinski definition) is 5. The third kappa shape index (κ3) is 3.97. The van der Waals surface area contributed by atoms with Crippen LogP contribution >= 0.6 is 0 Å². The molecule has 0 saturated heterocycles. The van der Waals surface area contributed by atoms with Crippen molar-refractivity contribution < 1.29 is 23.0 Å². The Morgan fingerprint density at radius 2 is 1.88 bits per heavy atom. The number of halogens is 2. The maximum absolute atomic E-state index is 12.8. The van der Waals surface area contributed by atoms with Gasteiger partial charge in [0.2, 0.25) is 5.88 Å². The number of nitrogens with zero attached hydrogens (tertiary/aromatic N) is 3. The molecular formula is C17H13F2N3O3. The normalized spacial score (nSPS) is 10.7. The van der Waals surface area contributed by atoms with Crippen molar-refractivity contribution in [2.45, 2.75) is 13.2 Å². The van der Waals surface area contributed by atoms with E-state index in [9.17, 15) is 13.6 Å². The van der Waals surface area contributed by atoms with Gasteiger partial charge in [-0.15, -0.1) is 0 Å². The molecule has 8 heteroatoms. The summed E-state index contributed by atoms with van der Waals surface area (Å²) in [5.74, 6) is -0.236. The second-order valence-corrected chi connectivity index (χ2v) is 4.88. The minimum atomic E-state index is -2.76. The fourth-order valence-electron chi connectivity index (χ4n) is 2.07. The van der Waals surface area contributed by atoms with Gasteiger partial charge in [-0.1, -0.05) is 18.2 Å². The zero-order valence-electron chi connectivity index (χ0n) is 12.9. The van der Waals surface area contributed by atoms with Crippen LogP contribution in [-0.2, 0) is 11.3 Å². The SMILES string of the molecule is O=C(OCc1nccn1C(F)F)c1cccnc1Oc1ccccc1. The van der Waals surface area contributed by atoms with Crippen molar-refractivity contribution in [1.82, 2.24) is 14.5 Å². The Hall–Kier alpha value is -3.29. The van der Waals surface area contributed by atoms with E-state index in [0.29, 0.717) is 10.3 Å². The van der Waals surface area contributed by atoms with Gasteiger partial charge in [0.25, 0.3) is 0 Å². The summed E-state index contributed by atoms with van der Waals surface area (Å²) in [7, 11) is 0. The van der Waals surface area contributed by atoms with Gasteiger partial charge in [-0.2, -0.15) is 8.78 Å². The number of carbonyl (C=O) groups is 1. The van der Waals surface area contributed by atoms with Crippen LogP contribution in [0.1, 0.15) is 22.7 Å². The predicted octanol–water partition coefficient (Wildman–Crippen LogP) is 3.82. The molecule has 128 valence electrons. The van der Waals surface area contributed by atoms with Gasteiger partial charge >= 0.3 is 12.5 Å². The van der Waals surface area contributed by atoms with Crippen LogP contribution in [-0.4, -0.2) is 20.5 Å². The Morgan fingerprint density at radius 1 is 1.08 bits per heavy atom. The number of benzene rings is 1. The molecule has 0 radical (unpaired) electrons. The summed E-state index contributed by atoms with van der Waals surface area (Å²) in [6, 6.07) is 11.8. The van der Waals surface area contributed by atoms with Gasteiger partial charge in [-0.3, -0.25) is 4.57 Å². The maximum Gasteiger partial charge on any atom is 0.344 e. The van der Waals surface area contributed by atoms with Crippen LogP contribution in [0.2, 0.25) is 0 Å². The highest BCUT2D eigenvalue weighted by Crippen LogP contribution is 2.23. The van der Waals surface area contributed by atoms with E-state index < -0.39 is 19.1 Å². The molecule has 0 atom stereocenters. The number of imidazole rings is 1. The monoisotopic (exact) mass is 345 g/mol. The van der Waals surface area contributed by atoms with Crippen LogP contribution in [0.25, 0.3) is 0 Å². The number of para-hydroxylation sites is 1. The van der Waals surface area contributed by atoms with E-state index in [1.165, 1.54) is 18.5 Å². The summed E-state index contributed by atoms with van der Waals surface area (Å²) in [4.78, 5) is 20.0. The van der Waals surface area contributed by atoms with Crippen LogP contribution in [0.5, 0.6) is 11.6 Å². The summed E-state index contributed by atoms with van der Waals surface area (Å²) in [5.41, 5.74) is 0.0847. The van der Waals surface area contributed by atoms with E-state index >= 15 is 0 Å². The molecule has 25 heavy (non-hydrogen) atoms. The molecule has 2 heterocycles. The molecule has 0 bridgehead atoms. The number of alkyl halides is 2. The van der Waals surface area contributed by atoms with E-state index in [2.05, 4.69) is 9.97 Å². The van der Waals surface area contributed by atoms with Crippen LogP contribution in [0, 0.1) is 0 Å². The van der Waals surface area contributed by atoms with Crippen molar-refractivity contribution in [2.75, 3.05) is 0 Å². The van der Waals surface area contributed by atoms with Crippen molar-refractivity contribution in [1.29, 1.82) is 0 Å². The molecule has 1 aromatic carbocycles. The molecule has 2 aromatic heterocycles. The van der Waals surface area contributed by atoms with Crippen molar-refractivity contribution in [3.63, 3.8) is 0 Å². The lowest BCUT2D eigenvalue weighted by molar-refractivity contribution is 0.0373. The summed E-state index contributed by atoms with van der Waals surface area (Å²) in [6.45, 7) is -3.15. The van der Waals surface area contributed by atoms with E-state index in [-0.39, 0.29) is 17.3 Å². The largest absolute Gasteiger partial charge is 0.454 e. The number of aromatic nitrogens is 3. The third-order valence-electron chi connectivity index (χ3n) is 3.24. The Morgan fingerprint density at radius 3 is 2.64 bits per heavy atom. The highest BCUT2D eigenvalue weighted by Gasteiger charge is 2.18. The lowest BCUT2D eigenvalue weighted by Crippen LogP contribution is -2.11. The van der Waals surface area contributed by atoms with Crippen molar-refractivity contribution >= 4 is 5.97 Å². The highest BCUT2D eigenvalue weighted by molar-refractivity contribution is 5.91. The molecule has 3 rings (SSSR count). The number of rotatable bonds is 6. The minimum Gasteiger partial charge on any atom is -0.454 e. The number of ether oxygens (including phenoxy) is 2. The summed E-state index contributed by atoms with van der Waals surface area (Å²) < 4.78 is 36.8. The molecule has 0 unspecified atom stereocenters. The first-order chi connectivity index (χ1) is 12.1. The molecule has 3 aromatic rings. The average molecular weight is 345 g/mol. The number of carbonyl (C=O) groups excluding carboxylic acids is 1. The second kappa shape index (κ2) is 7.52. The number of pyridine rings is 1. The first kappa shape index (κ1) is 16.6. The molecule has 0 aliphatic rings. The molecular weight excluding hydrogens is 332 g/mol. The lowest BCUT2D eigenvalue weighted by atomic mass is 10.2. The van der Waals surface area contributed by atoms with Gasteiger partial charge < -0.3 is 9.47 Å². The predicted molar refractivity (Wildman–Crippen MR) is 83.4 cm³/mol. The van der Waals surface area contributed by atoms with Crippen LogP contribution < -0.4 is 4.74 Å². The topological polar surface area (TPSA) is 66.2 Å². The van der Waals surface area contributed by atoms with Crippen LogP contribution in [0.4, 0.5) is 8.78 Å². The van der Waals surface area contributed by atoms with Crippen LogP contribution in [0.15, 0.2) is 61.1 Å². The summed E-state index contributed by atoms with van der Waals surface area (Å²) in [5, 5.41) is 0. The van der Waals surface area contributed by atoms with Crippen molar-refractivity contribution in [3.8, 4) is 11.6 Å². The molecule has 0 fully saturated rings. The molecule has 6 nitrogen and oxygen atoms in total. The molecule has 0 saturated carbocycles. The first-order valence-corrected chi connectivity index (χ1v) is 7.30. The number of hydrogen-bond donors (Lipinski definition) is 0. The highest BCUT2D eigenvalue weighted by atomic mass is 19.3. The standard InChI is InChI=1S/C17H13F2N3O3/c18-17(19)22-10-9-20-14(22)11-24-16(23)13-7-4-8-21-15(13)25-12-5-2-1-3-6-12/h1-10,17H,11H2. The van der Waals surface area contributed by atoms with Gasteiger partial charge in [-0.05, 0) is 24.3 Å². The fraction of sp³-hybridized carbons (Fsp3) is 0.118. The Bertz CT molecular complexity index is 853. The molecule has 0 spiro atoms. The van der Waals surface area contributed by atoms with E-state index in [0.717, 1.165) is 6.20 Å². The fourth-order valence-corrected chi connectivity index (χ4v) is 2.07. The van der Waals surface area contributed by atoms with Crippen molar-refractivity contribution in [3.05, 3.63) is 72.4 Å². The smallest absolute Gasteiger partial charge is 0.344 e.